The van der Waals surface area contributed by atoms with E-state index in [4.69, 9.17) is 0 Å². The third kappa shape index (κ3) is 1.36. The summed E-state index contributed by atoms with van der Waals surface area (Å²) in [6.45, 7) is 13.1. The Morgan fingerprint density at radius 2 is 2.15 bits per heavy atom. The van der Waals surface area contributed by atoms with Crippen LogP contribution in [0.2, 0.25) is 5.82 Å². The maximum atomic E-state index is 2.47. The number of hydrogen-bond donors (Lipinski definition) is 0. The summed E-state index contributed by atoms with van der Waals surface area (Å²) in [6, 6.07) is 0. The SMILES string of the molecule is CC(CC(C)(C)C)C12SCB1C2C. The van der Waals surface area contributed by atoms with Gasteiger partial charge in [-0.25, -0.2) is 0 Å². The van der Waals surface area contributed by atoms with Crippen molar-refractivity contribution >= 4 is 18.5 Å². The Bertz CT molecular complexity index is 215. The molecule has 0 spiro atoms. The van der Waals surface area contributed by atoms with Crippen LogP contribution in [0, 0.1) is 11.3 Å². The minimum Gasteiger partial charge on any atom is -0.171 e. The van der Waals surface area contributed by atoms with E-state index >= 15 is 0 Å². The molecule has 0 bridgehead atoms. The fourth-order valence-electron chi connectivity index (χ4n) is 3.33. The summed E-state index contributed by atoms with van der Waals surface area (Å²) in [7, 11) is 0. The van der Waals surface area contributed by atoms with Crippen molar-refractivity contribution in [1.29, 1.82) is 0 Å². The van der Waals surface area contributed by atoms with Gasteiger partial charge in [-0.15, -0.1) is 0 Å². The van der Waals surface area contributed by atoms with Gasteiger partial charge in [0.1, 0.15) is 0 Å². The predicted octanol–water partition coefficient (Wildman–Crippen LogP) is 3.52. The monoisotopic (exact) mass is 196 g/mol. The van der Waals surface area contributed by atoms with E-state index in [0.717, 1.165) is 23.1 Å². The average Bonchev–Trinajstić information content (AvgIpc) is 2.19. The van der Waals surface area contributed by atoms with Crippen LogP contribution in [-0.4, -0.2) is 17.0 Å². The quantitative estimate of drug-likeness (QED) is 0.609. The summed E-state index contributed by atoms with van der Waals surface area (Å²) in [5, 5.41) is 0. The Labute approximate surface area is 87.3 Å². The van der Waals surface area contributed by atoms with E-state index in [2.05, 4.69) is 46.4 Å². The Balaban J connectivity index is 1.96. The van der Waals surface area contributed by atoms with Gasteiger partial charge in [0.25, 0.3) is 0 Å². The highest BCUT2D eigenvalue weighted by Crippen LogP contribution is 2.71. The topological polar surface area (TPSA) is 0 Å². The van der Waals surface area contributed by atoms with Gasteiger partial charge < -0.3 is 0 Å². The van der Waals surface area contributed by atoms with Crippen LogP contribution in [-0.2, 0) is 0 Å². The van der Waals surface area contributed by atoms with Gasteiger partial charge in [0.05, 0.1) is 0 Å². The molecule has 2 rings (SSSR count). The van der Waals surface area contributed by atoms with E-state index in [1.165, 1.54) is 12.1 Å². The molecule has 0 saturated carbocycles. The zero-order valence-electron chi connectivity index (χ0n) is 9.55. The Morgan fingerprint density at radius 3 is 2.38 bits per heavy atom. The molecular formula is C11H21BS. The first-order valence-corrected chi connectivity index (χ1v) is 6.50. The van der Waals surface area contributed by atoms with Gasteiger partial charge in [-0.3, -0.25) is 0 Å². The zero-order chi connectivity index (χ0) is 9.85. The summed E-state index contributed by atoms with van der Waals surface area (Å²) in [4.78, 5) is 0. The van der Waals surface area contributed by atoms with E-state index in [1.807, 2.05) is 0 Å². The second-order valence-corrected chi connectivity index (χ2v) is 7.55. The smallest absolute Gasteiger partial charge is 0.171 e. The van der Waals surface area contributed by atoms with Crippen LogP contribution in [0.1, 0.15) is 41.0 Å². The molecule has 0 radical (unpaired) electrons. The summed E-state index contributed by atoms with van der Waals surface area (Å²) in [5.41, 5.74) is 1.95. The lowest BCUT2D eigenvalue weighted by molar-refractivity contribution is 0.300. The van der Waals surface area contributed by atoms with Crippen molar-refractivity contribution in [3.8, 4) is 0 Å². The van der Waals surface area contributed by atoms with E-state index in [9.17, 15) is 0 Å². The molecule has 2 fully saturated rings. The van der Waals surface area contributed by atoms with Crippen LogP contribution in [0.25, 0.3) is 0 Å². The van der Waals surface area contributed by atoms with E-state index in [1.54, 1.807) is 0 Å². The number of rotatable bonds is 2. The highest BCUT2D eigenvalue weighted by molar-refractivity contribution is 8.09. The lowest BCUT2D eigenvalue weighted by Gasteiger charge is -2.35. The first-order chi connectivity index (χ1) is 5.88. The van der Waals surface area contributed by atoms with Crippen LogP contribution >= 0.6 is 11.8 Å². The highest BCUT2D eigenvalue weighted by atomic mass is 32.2. The van der Waals surface area contributed by atoms with Crippen molar-refractivity contribution in [2.24, 2.45) is 11.3 Å². The number of thioether (sulfide) groups is 1. The standard InChI is InChI=1S/C11H21BS/c1-8(6-10(3,4)5)11-9(2)12(11)7-13-11/h8-9H,6-7H2,1-5H3. The second-order valence-electron chi connectivity index (χ2n) is 6.23. The Kier molecular flexibility index (Phi) is 2.08. The maximum absolute atomic E-state index is 2.47. The largest absolute Gasteiger partial charge is 0.173 e. The summed E-state index contributed by atoms with van der Waals surface area (Å²) in [5.74, 6) is 1.93. The second kappa shape index (κ2) is 2.71. The molecule has 0 aromatic heterocycles. The highest BCUT2D eigenvalue weighted by Gasteiger charge is 2.73. The molecule has 2 heteroatoms. The number of hydrogen-bond acceptors (Lipinski definition) is 1. The van der Waals surface area contributed by atoms with Gasteiger partial charge in [-0.2, -0.15) is 11.8 Å². The van der Waals surface area contributed by atoms with E-state index in [-0.39, 0.29) is 0 Å². The van der Waals surface area contributed by atoms with Crippen molar-refractivity contribution in [3.05, 3.63) is 0 Å². The zero-order valence-corrected chi connectivity index (χ0v) is 10.4. The van der Waals surface area contributed by atoms with E-state index < -0.39 is 0 Å². The summed E-state index contributed by atoms with van der Waals surface area (Å²) in [6.07, 6.45) is 1.39. The van der Waals surface area contributed by atoms with Crippen molar-refractivity contribution in [2.45, 2.75) is 51.5 Å². The predicted molar refractivity (Wildman–Crippen MR) is 63.6 cm³/mol. The van der Waals surface area contributed by atoms with Gasteiger partial charge in [-0.1, -0.05) is 40.4 Å². The van der Waals surface area contributed by atoms with Gasteiger partial charge in [0.2, 0.25) is 0 Å². The van der Waals surface area contributed by atoms with Gasteiger partial charge in [0.15, 0.2) is 6.71 Å². The van der Waals surface area contributed by atoms with Gasteiger partial charge >= 0.3 is 0 Å². The third-order valence-corrected chi connectivity index (χ3v) is 6.09. The Morgan fingerprint density at radius 1 is 1.54 bits per heavy atom. The molecule has 2 aliphatic rings. The molecule has 0 aromatic carbocycles. The first kappa shape index (κ1) is 9.95. The minimum absolute atomic E-state index is 0.511. The molecule has 0 amide bonds. The molecule has 3 atom stereocenters. The molecule has 0 nitrogen and oxygen atoms in total. The minimum atomic E-state index is 0.511. The summed E-state index contributed by atoms with van der Waals surface area (Å²) < 4.78 is 0.729. The van der Waals surface area contributed by atoms with Crippen LogP contribution in [0.3, 0.4) is 0 Å². The average molecular weight is 196 g/mol. The van der Waals surface area contributed by atoms with Crippen molar-refractivity contribution in [3.63, 3.8) is 0 Å². The third-order valence-electron chi connectivity index (χ3n) is 3.99. The van der Waals surface area contributed by atoms with E-state index in [0.29, 0.717) is 5.41 Å². The fourth-order valence-corrected chi connectivity index (χ4v) is 5.29. The van der Waals surface area contributed by atoms with Crippen LogP contribution < -0.4 is 0 Å². The molecule has 13 heavy (non-hydrogen) atoms. The van der Waals surface area contributed by atoms with Crippen molar-refractivity contribution < 1.29 is 0 Å². The Hall–Kier alpha value is 0.415. The molecule has 2 heterocycles. The number of fused-ring (bicyclic) bond motifs is 1. The van der Waals surface area contributed by atoms with Crippen molar-refractivity contribution in [2.75, 3.05) is 5.65 Å². The van der Waals surface area contributed by atoms with Gasteiger partial charge in [-0.05, 0) is 28.1 Å². The van der Waals surface area contributed by atoms with Gasteiger partial charge in [0, 0.05) is 0 Å². The molecule has 0 aromatic rings. The molecular weight excluding hydrogens is 175 g/mol. The molecule has 2 saturated heterocycles. The lowest BCUT2D eigenvalue weighted by atomic mass is 9.63. The van der Waals surface area contributed by atoms with Crippen LogP contribution in [0.4, 0.5) is 0 Å². The molecule has 3 unspecified atom stereocenters. The maximum Gasteiger partial charge on any atom is 0.173 e. The van der Waals surface area contributed by atoms with Crippen LogP contribution in [0.5, 0.6) is 0 Å². The normalized spacial score (nSPS) is 39.5. The fraction of sp³-hybridized carbons (Fsp3) is 1.00. The molecule has 0 N–H and O–H groups in total. The first-order valence-electron chi connectivity index (χ1n) is 5.52. The molecule has 2 aliphatic heterocycles. The van der Waals surface area contributed by atoms with Crippen molar-refractivity contribution in [1.82, 2.24) is 0 Å². The lowest BCUT2D eigenvalue weighted by Crippen LogP contribution is -2.35. The van der Waals surface area contributed by atoms with Crippen LogP contribution in [0.15, 0.2) is 0 Å². The molecule has 74 valence electrons. The summed E-state index contributed by atoms with van der Waals surface area (Å²) >= 11 is 2.24. The molecule has 0 aliphatic carbocycles.